The Morgan fingerprint density at radius 3 is 2.71 bits per heavy atom. The van der Waals surface area contributed by atoms with Crippen LogP contribution in [-0.4, -0.2) is 22.8 Å². The van der Waals surface area contributed by atoms with Gasteiger partial charge in [-0.3, -0.25) is 9.98 Å². The third-order valence-electron chi connectivity index (χ3n) is 2.79. The molecule has 0 N–H and O–H groups in total. The first-order valence-corrected chi connectivity index (χ1v) is 5.37. The van der Waals surface area contributed by atoms with Crippen LogP contribution in [0.15, 0.2) is 41.8 Å². The van der Waals surface area contributed by atoms with E-state index in [-0.39, 0.29) is 0 Å². The number of methoxy groups -OCH3 is 1. The Hall–Kier alpha value is -2.23. The van der Waals surface area contributed by atoms with E-state index in [1.807, 2.05) is 18.2 Å². The number of hydrogen-bond acceptors (Lipinski definition) is 4. The van der Waals surface area contributed by atoms with E-state index in [2.05, 4.69) is 15.0 Å². The average molecular weight is 225 g/mol. The number of nitrogens with zero attached hydrogens (tertiary/aromatic N) is 3. The van der Waals surface area contributed by atoms with Gasteiger partial charge in [-0.05, 0) is 23.8 Å². The smallest absolute Gasteiger partial charge is 0.222 e. The van der Waals surface area contributed by atoms with Crippen molar-refractivity contribution < 1.29 is 4.74 Å². The average Bonchev–Trinajstić information content (AvgIpc) is 2.83. The number of ether oxygens (including phenoxy) is 1. The molecule has 2 aromatic heterocycles. The fraction of sp³-hybridized carbons (Fsp3) is 0.154. The van der Waals surface area contributed by atoms with Crippen LogP contribution in [0.25, 0.3) is 0 Å². The fourth-order valence-electron chi connectivity index (χ4n) is 2.01. The van der Waals surface area contributed by atoms with E-state index in [9.17, 15) is 0 Å². The molecule has 3 rings (SSSR count). The topological polar surface area (TPSA) is 47.4 Å². The largest absolute Gasteiger partial charge is 0.480 e. The van der Waals surface area contributed by atoms with E-state index >= 15 is 0 Å². The molecule has 2 aromatic rings. The minimum absolute atomic E-state index is 0.635. The molecular weight excluding hydrogens is 214 g/mol. The zero-order valence-corrected chi connectivity index (χ0v) is 9.42. The van der Waals surface area contributed by atoms with Crippen molar-refractivity contribution in [3.8, 4) is 5.88 Å². The van der Waals surface area contributed by atoms with Gasteiger partial charge in [0.05, 0.1) is 24.9 Å². The molecule has 84 valence electrons. The number of aliphatic imine (C=N–C) groups is 1. The Kier molecular flexibility index (Phi) is 2.33. The monoisotopic (exact) mass is 225 g/mol. The Morgan fingerprint density at radius 2 is 1.94 bits per heavy atom. The SMILES string of the molecule is COc1nccc2c1C(c1ccncc1)=NC2. The molecule has 0 radical (unpaired) electrons. The molecule has 0 amide bonds. The summed E-state index contributed by atoms with van der Waals surface area (Å²) < 4.78 is 5.30. The van der Waals surface area contributed by atoms with Gasteiger partial charge in [0.15, 0.2) is 0 Å². The minimum atomic E-state index is 0.635. The Balaban J connectivity index is 2.15. The lowest BCUT2D eigenvalue weighted by molar-refractivity contribution is 0.397. The van der Waals surface area contributed by atoms with Gasteiger partial charge in [-0.2, -0.15) is 0 Å². The highest BCUT2D eigenvalue weighted by atomic mass is 16.5. The predicted molar refractivity (Wildman–Crippen MR) is 64.4 cm³/mol. The van der Waals surface area contributed by atoms with Crippen LogP contribution >= 0.6 is 0 Å². The van der Waals surface area contributed by atoms with Crippen molar-refractivity contribution in [2.75, 3.05) is 7.11 Å². The molecular formula is C13H11N3O. The highest BCUT2D eigenvalue weighted by Gasteiger charge is 2.22. The molecule has 4 heteroatoms. The summed E-state index contributed by atoms with van der Waals surface area (Å²) in [6.45, 7) is 0.686. The molecule has 1 aliphatic heterocycles. The van der Waals surface area contributed by atoms with Gasteiger partial charge in [-0.15, -0.1) is 0 Å². The second-order valence-corrected chi connectivity index (χ2v) is 3.76. The first-order valence-electron chi connectivity index (χ1n) is 5.37. The van der Waals surface area contributed by atoms with Gasteiger partial charge in [0.1, 0.15) is 0 Å². The maximum absolute atomic E-state index is 5.30. The summed E-state index contributed by atoms with van der Waals surface area (Å²) in [5.74, 6) is 0.635. The number of pyridine rings is 2. The Labute approximate surface area is 99.0 Å². The molecule has 17 heavy (non-hydrogen) atoms. The van der Waals surface area contributed by atoms with Crippen LogP contribution in [-0.2, 0) is 6.54 Å². The Morgan fingerprint density at radius 1 is 1.12 bits per heavy atom. The number of rotatable bonds is 2. The first kappa shape index (κ1) is 9.96. The van der Waals surface area contributed by atoms with E-state index in [1.165, 1.54) is 0 Å². The maximum Gasteiger partial charge on any atom is 0.222 e. The van der Waals surface area contributed by atoms with Crippen LogP contribution in [0, 0.1) is 0 Å². The van der Waals surface area contributed by atoms with Crippen molar-refractivity contribution in [2.45, 2.75) is 6.54 Å². The van der Waals surface area contributed by atoms with Crippen molar-refractivity contribution in [1.29, 1.82) is 0 Å². The normalized spacial score (nSPS) is 13.1. The van der Waals surface area contributed by atoms with E-state index in [0.717, 1.165) is 22.4 Å². The number of fused-ring (bicyclic) bond motifs is 1. The zero-order valence-electron chi connectivity index (χ0n) is 9.42. The van der Waals surface area contributed by atoms with Crippen molar-refractivity contribution in [3.05, 3.63) is 53.5 Å². The van der Waals surface area contributed by atoms with Crippen molar-refractivity contribution in [3.63, 3.8) is 0 Å². The fourth-order valence-corrected chi connectivity index (χ4v) is 2.01. The molecule has 0 unspecified atom stereocenters. The van der Waals surface area contributed by atoms with Crippen LogP contribution in [0.1, 0.15) is 16.7 Å². The van der Waals surface area contributed by atoms with Crippen LogP contribution in [0.4, 0.5) is 0 Å². The van der Waals surface area contributed by atoms with Crippen molar-refractivity contribution in [2.24, 2.45) is 4.99 Å². The van der Waals surface area contributed by atoms with E-state index in [4.69, 9.17) is 4.74 Å². The zero-order chi connectivity index (χ0) is 11.7. The summed E-state index contributed by atoms with van der Waals surface area (Å²) in [4.78, 5) is 12.8. The van der Waals surface area contributed by atoms with Crippen molar-refractivity contribution in [1.82, 2.24) is 9.97 Å². The van der Waals surface area contributed by atoms with E-state index in [0.29, 0.717) is 12.4 Å². The predicted octanol–water partition coefficient (Wildman–Crippen LogP) is 1.84. The second-order valence-electron chi connectivity index (χ2n) is 3.76. The van der Waals surface area contributed by atoms with Crippen LogP contribution in [0.5, 0.6) is 5.88 Å². The molecule has 0 saturated carbocycles. The molecule has 0 bridgehead atoms. The summed E-state index contributed by atoms with van der Waals surface area (Å²) >= 11 is 0. The quantitative estimate of drug-likeness (QED) is 0.783. The summed E-state index contributed by atoms with van der Waals surface area (Å²) in [5.41, 5.74) is 4.14. The van der Waals surface area contributed by atoms with E-state index < -0.39 is 0 Å². The third-order valence-corrected chi connectivity index (χ3v) is 2.79. The summed E-state index contributed by atoms with van der Waals surface area (Å²) in [6, 6.07) is 5.87. The van der Waals surface area contributed by atoms with Crippen LogP contribution in [0.3, 0.4) is 0 Å². The summed E-state index contributed by atoms with van der Waals surface area (Å²) in [5, 5.41) is 0. The minimum Gasteiger partial charge on any atom is -0.480 e. The van der Waals surface area contributed by atoms with Gasteiger partial charge in [0, 0.05) is 24.2 Å². The second kappa shape index (κ2) is 3.97. The first-order chi connectivity index (χ1) is 8.40. The summed E-state index contributed by atoms with van der Waals surface area (Å²) in [6.07, 6.45) is 5.28. The Bertz CT molecular complexity index is 578. The molecule has 0 saturated heterocycles. The van der Waals surface area contributed by atoms with Gasteiger partial charge >= 0.3 is 0 Å². The van der Waals surface area contributed by atoms with Crippen molar-refractivity contribution >= 4 is 5.71 Å². The number of hydrogen-bond donors (Lipinski definition) is 0. The molecule has 0 spiro atoms. The van der Waals surface area contributed by atoms with Gasteiger partial charge in [0.2, 0.25) is 5.88 Å². The molecule has 3 heterocycles. The third kappa shape index (κ3) is 1.58. The molecule has 0 aliphatic carbocycles. The van der Waals surface area contributed by atoms with Gasteiger partial charge < -0.3 is 4.74 Å². The molecule has 4 nitrogen and oxygen atoms in total. The lowest BCUT2D eigenvalue weighted by Gasteiger charge is -2.07. The summed E-state index contributed by atoms with van der Waals surface area (Å²) in [7, 11) is 1.63. The van der Waals surface area contributed by atoms with Gasteiger partial charge in [0.25, 0.3) is 0 Å². The van der Waals surface area contributed by atoms with Gasteiger partial charge in [-0.25, -0.2) is 4.98 Å². The lowest BCUT2D eigenvalue weighted by atomic mass is 10.0. The number of aromatic nitrogens is 2. The molecule has 0 fully saturated rings. The highest BCUT2D eigenvalue weighted by molar-refractivity contribution is 6.16. The molecule has 0 atom stereocenters. The molecule has 1 aliphatic rings. The maximum atomic E-state index is 5.30. The van der Waals surface area contributed by atoms with Gasteiger partial charge in [-0.1, -0.05) is 0 Å². The molecule has 0 aromatic carbocycles. The lowest BCUT2D eigenvalue weighted by Crippen LogP contribution is -2.05. The van der Waals surface area contributed by atoms with Crippen LogP contribution in [0.2, 0.25) is 0 Å². The highest BCUT2D eigenvalue weighted by Crippen LogP contribution is 2.28. The van der Waals surface area contributed by atoms with E-state index in [1.54, 1.807) is 25.7 Å². The van der Waals surface area contributed by atoms with Crippen LogP contribution < -0.4 is 4.74 Å². The standard InChI is InChI=1S/C13H11N3O/c1-17-13-11-10(4-7-15-13)8-16-12(11)9-2-5-14-6-3-9/h2-7H,8H2,1H3.